The molecule has 2 aliphatic heterocycles. The fraction of sp³-hybridized carbons (Fsp3) is 0.900. The lowest BCUT2D eigenvalue weighted by Crippen LogP contribution is -2.44. The Morgan fingerprint density at radius 3 is 2.20 bits per heavy atom. The first kappa shape index (κ1) is 10.9. The molecule has 0 spiro atoms. The first-order chi connectivity index (χ1) is 6.96. The minimum atomic E-state index is -4.08. The van der Waals surface area contributed by atoms with Crippen molar-refractivity contribution >= 4 is 5.78 Å². The van der Waals surface area contributed by atoms with Crippen molar-refractivity contribution in [2.75, 3.05) is 6.54 Å². The zero-order valence-electron chi connectivity index (χ0n) is 8.39. The molecule has 0 aliphatic carbocycles. The molecule has 0 aromatic rings. The van der Waals surface area contributed by atoms with Crippen molar-refractivity contribution in [1.82, 2.24) is 4.90 Å². The van der Waals surface area contributed by atoms with Crippen molar-refractivity contribution in [3.05, 3.63) is 0 Å². The van der Waals surface area contributed by atoms with Crippen LogP contribution < -0.4 is 0 Å². The second-order valence-corrected chi connectivity index (χ2v) is 4.43. The van der Waals surface area contributed by atoms with Gasteiger partial charge in [0.2, 0.25) is 0 Å². The quantitative estimate of drug-likeness (QED) is 0.712. The van der Waals surface area contributed by atoms with Crippen LogP contribution in [-0.2, 0) is 4.79 Å². The highest BCUT2D eigenvalue weighted by atomic mass is 19.4. The Labute approximate surface area is 86.4 Å². The summed E-state index contributed by atoms with van der Waals surface area (Å²) in [6.07, 6.45) is -2.17. The summed E-state index contributed by atoms with van der Waals surface area (Å²) in [7, 11) is 0. The van der Waals surface area contributed by atoms with Crippen LogP contribution in [0.3, 0.4) is 0 Å². The Hall–Kier alpha value is -0.580. The van der Waals surface area contributed by atoms with E-state index >= 15 is 0 Å². The SMILES string of the molecule is O=C1CC2CCC(C1)N2CCC(F)(F)F. The summed E-state index contributed by atoms with van der Waals surface area (Å²) in [5.41, 5.74) is 0. The highest BCUT2D eigenvalue weighted by Crippen LogP contribution is 2.35. The van der Waals surface area contributed by atoms with Gasteiger partial charge in [-0.25, -0.2) is 0 Å². The van der Waals surface area contributed by atoms with E-state index in [2.05, 4.69) is 0 Å². The molecule has 2 fully saturated rings. The molecule has 0 amide bonds. The van der Waals surface area contributed by atoms with E-state index in [0.29, 0.717) is 12.8 Å². The molecule has 2 bridgehead atoms. The van der Waals surface area contributed by atoms with E-state index in [1.165, 1.54) is 0 Å². The molecule has 0 N–H and O–H groups in total. The molecule has 2 aliphatic rings. The largest absolute Gasteiger partial charge is 0.390 e. The number of carbonyl (C=O) groups is 1. The number of carbonyl (C=O) groups excluding carboxylic acids is 1. The van der Waals surface area contributed by atoms with E-state index < -0.39 is 12.6 Å². The van der Waals surface area contributed by atoms with E-state index in [4.69, 9.17) is 0 Å². The van der Waals surface area contributed by atoms with Crippen molar-refractivity contribution in [2.45, 2.75) is 50.4 Å². The normalized spacial score (nSPS) is 32.3. The Morgan fingerprint density at radius 1 is 1.20 bits per heavy atom. The Morgan fingerprint density at radius 2 is 1.73 bits per heavy atom. The number of alkyl halides is 3. The second kappa shape index (κ2) is 3.77. The lowest BCUT2D eigenvalue weighted by Gasteiger charge is -2.34. The summed E-state index contributed by atoms with van der Waals surface area (Å²) in [4.78, 5) is 13.1. The van der Waals surface area contributed by atoms with Crippen LogP contribution in [0.5, 0.6) is 0 Å². The van der Waals surface area contributed by atoms with Gasteiger partial charge in [0.05, 0.1) is 6.42 Å². The number of nitrogens with zero attached hydrogens (tertiary/aromatic N) is 1. The van der Waals surface area contributed by atoms with Gasteiger partial charge < -0.3 is 0 Å². The van der Waals surface area contributed by atoms with Gasteiger partial charge >= 0.3 is 6.18 Å². The van der Waals surface area contributed by atoms with Crippen LogP contribution in [0, 0.1) is 0 Å². The molecule has 2 saturated heterocycles. The summed E-state index contributed by atoms with van der Waals surface area (Å²) in [5.74, 6) is 0.214. The molecule has 0 aromatic heterocycles. The molecule has 0 radical (unpaired) electrons. The van der Waals surface area contributed by atoms with E-state index in [-0.39, 0.29) is 24.4 Å². The number of Topliss-reactive ketones (excluding diaryl/α,β-unsaturated/α-hetero) is 1. The van der Waals surface area contributed by atoms with Crippen LogP contribution >= 0.6 is 0 Å². The van der Waals surface area contributed by atoms with E-state index in [9.17, 15) is 18.0 Å². The fourth-order valence-electron chi connectivity index (χ4n) is 2.68. The molecule has 5 heteroatoms. The van der Waals surface area contributed by atoms with Crippen LogP contribution in [0.15, 0.2) is 0 Å². The van der Waals surface area contributed by atoms with E-state index in [0.717, 1.165) is 12.8 Å². The lowest BCUT2D eigenvalue weighted by atomic mass is 10.0. The van der Waals surface area contributed by atoms with Crippen LogP contribution in [0.1, 0.15) is 32.1 Å². The van der Waals surface area contributed by atoms with E-state index in [1.807, 2.05) is 4.90 Å². The van der Waals surface area contributed by atoms with Crippen LogP contribution in [0.2, 0.25) is 0 Å². The Balaban J connectivity index is 1.91. The van der Waals surface area contributed by atoms with Crippen LogP contribution in [0.4, 0.5) is 13.2 Å². The third kappa shape index (κ3) is 2.51. The predicted octanol–water partition coefficient (Wildman–Crippen LogP) is 2.13. The monoisotopic (exact) mass is 221 g/mol. The predicted molar refractivity (Wildman–Crippen MR) is 48.4 cm³/mol. The summed E-state index contributed by atoms with van der Waals surface area (Å²) in [5, 5.41) is 0. The van der Waals surface area contributed by atoms with Crippen molar-refractivity contribution < 1.29 is 18.0 Å². The summed E-state index contributed by atoms with van der Waals surface area (Å²) in [6, 6.07) is 0.164. The summed E-state index contributed by atoms with van der Waals surface area (Å²) < 4.78 is 36.2. The number of ketones is 1. The zero-order chi connectivity index (χ0) is 11.1. The summed E-state index contributed by atoms with van der Waals surface area (Å²) >= 11 is 0. The Kier molecular flexibility index (Phi) is 2.75. The van der Waals surface area contributed by atoms with Gasteiger partial charge in [0.1, 0.15) is 5.78 Å². The number of hydrogen-bond acceptors (Lipinski definition) is 2. The van der Waals surface area contributed by atoms with Gasteiger partial charge in [-0.1, -0.05) is 0 Å². The van der Waals surface area contributed by atoms with Gasteiger partial charge in [0.15, 0.2) is 0 Å². The molecule has 2 heterocycles. The van der Waals surface area contributed by atoms with Crippen LogP contribution in [-0.4, -0.2) is 35.5 Å². The molecule has 0 saturated carbocycles. The highest BCUT2D eigenvalue weighted by Gasteiger charge is 2.41. The van der Waals surface area contributed by atoms with Gasteiger partial charge in [0.25, 0.3) is 0 Å². The topological polar surface area (TPSA) is 20.3 Å². The zero-order valence-corrected chi connectivity index (χ0v) is 8.39. The molecule has 15 heavy (non-hydrogen) atoms. The standard InChI is InChI=1S/C10H14F3NO/c11-10(12,13)3-4-14-7-1-2-8(14)6-9(15)5-7/h7-8H,1-6H2. The van der Waals surface area contributed by atoms with Gasteiger partial charge in [0, 0.05) is 31.5 Å². The molecule has 0 aromatic carbocycles. The first-order valence-electron chi connectivity index (χ1n) is 5.30. The first-order valence-corrected chi connectivity index (χ1v) is 5.30. The molecule has 2 unspecified atom stereocenters. The van der Waals surface area contributed by atoms with Gasteiger partial charge in [-0.3, -0.25) is 9.69 Å². The van der Waals surface area contributed by atoms with Crippen molar-refractivity contribution in [2.24, 2.45) is 0 Å². The average Bonchev–Trinajstić information content (AvgIpc) is 2.33. The third-order valence-corrected chi connectivity index (χ3v) is 3.35. The van der Waals surface area contributed by atoms with Crippen LogP contribution in [0.25, 0.3) is 0 Å². The molecule has 2 nitrogen and oxygen atoms in total. The smallest absolute Gasteiger partial charge is 0.300 e. The maximum atomic E-state index is 12.1. The average molecular weight is 221 g/mol. The second-order valence-electron chi connectivity index (χ2n) is 4.43. The maximum Gasteiger partial charge on any atom is 0.390 e. The Bertz CT molecular complexity index is 248. The molecular formula is C10H14F3NO. The molecule has 86 valence electrons. The lowest BCUT2D eigenvalue weighted by molar-refractivity contribution is -0.141. The van der Waals surface area contributed by atoms with Gasteiger partial charge in [-0.15, -0.1) is 0 Å². The number of rotatable bonds is 2. The van der Waals surface area contributed by atoms with Gasteiger partial charge in [-0.05, 0) is 12.8 Å². The van der Waals surface area contributed by atoms with Crippen molar-refractivity contribution in [3.8, 4) is 0 Å². The highest BCUT2D eigenvalue weighted by molar-refractivity contribution is 5.80. The van der Waals surface area contributed by atoms with Crippen molar-refractivity contribution in [1.29, 1.82) is 0 Å². The number of halogens is 3. The maximum absolute atomic E-state index is 12.1. The fourth-order valence-corrected chi connectivity index (χ4v) is 2.68. The number of hydrogen-bond donors (Lipinski definition) is 0. The minimum absolute atomic E-state index is 0.0616. The van der Waals surface area contributed by atoms with E-state index in [1.54, 1.807) is 0 Å². The number of fused-ring (bicyclic) bond motifs is 2. The number of piperidine rings is 1. The minimum Gasteiger partial charge on any atom is -0.300 e. The van der Waals surface area contributed by atoms with Gasteiger partial charge in [-0.2, -0.15) is 13.2 Å². The molecular weight excluding hydrogens is 207 g/mol. The van der Waals surface area contributed by atoms with Crippen molar-refractivity contribution in [3.63, 3.8) is 0 Å². The summed E-state index contributed by atoms with van der Waals surface area (Å²) in [6.45, 7) is 0.0616. The molecule has 2 atom stereocenters. The third-order valence-electron chi connectivity index (χ3n) is 3.35. The molecule has 2 rings (SSSR count).